The van der Waals surface area contributed by atoms with E-state index in [1.54, 1.807) is 6.08 Å². The summed E-state index contributed by atoms with van der Waals surface area (Å²) in [7, 11) is 0. The Labute approximate surface area is 162 Å². The molecule has 0 aliphatic carbocycles. The zero-order valence-electron chi connectivity index (χ0n) is 17.4. The van der Waals surface area contributed by atoms with Gasteiger partial charge in [0, 0.05) is 12.0 Å². The molecule has 0 spiro atoms. The highest BCUT2D eigenvalue weighted by Crippen LogP contribution is 2.18. The summed E-state index contributed by atoms with van der Waals surface area (Å²) < 4.78 is 0. The lowest BCUT2D eigenvalue weighted by Crippen LogP contribution is -1.78. The Kier molecular flexibility index (Phi) is 20.3. The molecule has 26 heavy (non-hydrogen) atoms. The van der Waals surface area contributed by atoms with Crippen LogP contribution in [-0.4, -0.2) is 0 Å². The molecule has 0 bridgehead atoms. The average Bonchev–Trinajstić information content (AvgIpc) is 2.72. The van der Waals surface area contributed by atoms with E-state index in [1.165, 1.54) is 24.0 Å². The summed E-state index contributed by atoms with van der Waals surface area (Å²) in [4.78, 5) is 0. The fourth-order valence-corrected chi connectivity index (χ4v) is 1.60. The van der Waals surface area contributed by atoms with Crippen molar-refractivity contribution in [3.05, 3.63) is 85.5 Å². The first-order valence-electron chi connectivity index (χ1n) is 9.55. The van der Waals surface area contributed by atoms with Crippen molar-refractivity contribution in [2.24, 2.45) is 0 Å². The summed E-state index contributed by atoms with van der Waals surface area (Å²) in [6, 6.07) is 18.7. The smallest absolute Gasteiger partial charge is 0.0270 e. The van der Waals surface area contributed by atoms with Crippen molar-refractivity contribution in [2.75, 3.05) is 0 Å². The van der Waals surface area contributed by atoms with E-state index in [-0.39, 0.29) is 0 Å². The molecule has 2 aromatic rings. The summed E-state index contributed by atoms with van der Waals surface area (Å²) >= 11 is 0. The summed E-state index contributed by atoms with van der Waals surface area (Å²) in [5, 5.41) is 0. The van der Waals surface area contributed by atoms with E-state index in [9.17, 15) is 0 Å². The predicted octanol–water partition coefficient (Wildman–Crippen LogP) is 8.31. The number of rotatable bonds is 3. The van der Waals surface area contributed by atoms with Crippen LogP contribution in [0.4, 0.5) is 0 Å². The molecule has 0 heterocycles. The van der Waals surface area contributed by atoms with Crippen LogP contribution in [0.3, 0.4) is 0 Å². The molecule has 2 rings (SSSR count). The summed E-state index contributed by atoms with van der Waals surface area (Å²) in [5.41, 5.74) is 3.50. The minimum Gasteiger partial charge on any atom is -0.103 e. The van der Waals surface area contributed by atoms with Crippen molar-refractivity contribution >= 4 is 0 Å². The van der Waals surface area contributed by atoms with Gasteiger partial charge in [-0.15, -0.1) is 13.2 Å². The van der Waals surface area contributed by atoms with Gasteiger partial charge in [0.25, 0.3) is 0 Å². The van der Waals surface area contributed by atoms with Crippen molar-refractivity contribution in [3.8, 4) is 23.0 Å². The van der Waals surface area contributed by atoms with Gasteiger partial charge in [-0.2, -0.15) is 0 Å². The monoisotopic (exact) mass is 348 g/mol. The lowest BCUT2D eigenvalue weighted by Gasteiger charge is -2.00. The second-order valence-corrected chi connectivity index (χ2v) is 5.15. The highest BCUT2D eigenvalue weighted by atomic mass is 14.0. The summed E-state index contributed by atoms with van der Waals surface area (Å²) in [6.45, 7) is 17.3. The molecule has 0 aliphatic rings. The standard InChI is InChI=1S/C17H14.C4H10.C3H6.C2H6/c1-2-3-5-8-15-11-13-17(14-12-15)16-9-6-4-7-10-16;1-3-4-2;1-3-2;1-2/h2,4,6-7,9-14H,1,3H2;3-4H2,1-2H3;3H,1H2,2H3;1-2H3. The average molecular weight is 349 g/mol. The van der Waals surface area contributed by atoms with E-state index < -0.39 is 0 Å². The molecule has 0 aliphatic heterocycles. The molecular formula is C26H36. The number of unbranched alkanes of at least 4 members (excludes halogenated alkanes) is 1. The molecule has 2 aromatic carbocycles. The van der Waals surface area contributed by atoms with Crippen LogP contribution in [0.15, 0.2) is 79.9 Å². The van der Waals surface area contributed by atoms with E-state index in [0.29, 0.717) is 0 Å². The van der Waals surface area contributed by atoms with Gasteiger partial charge in [0.1, 0.15) is 0 Å². The van der Waals surface area contributed by atoms with Gasteiger partial charge in [0.05, 0.1) is 0 Å². The third-order valence-electron chi connectivity index (χ3n) is 2.97. The third-order valence-corrected chi connectivity index (χ3v) is 2.97. The molecule has 0 heteroatoms. The van der Waals surface area contributed by atoms with Crippen LogP contribution in [0.25, 0.3) is 11.1 Å². The lowest BCUT2D eigenvalue weighted by molar-refractivity contribution is 0.886. The van der Waals surface area contributed by atoms with E-state index in [2.05, 4.69) is 75.2 Å². The van der Waals surface area contributed by atoms with Crippen molar-refractivity contribution in [1.29, 1.82) is 0 Å². The molecule has 0 amide bonds. The van der Waals surface area contributed by atoms with Gasteiger partial charge < -0.3 is 0 Å². The van der Waals surface area contributed by atoms with Crippen molar-refractivity contribution in [3.63, 3.8) is 0 Å². The first-order valence-corrected chi connectivity index (χ1v) is 9.55. The van der Waals surface area contributed by atoms with E-state index >= 15 is 0 Å². The third kappa shape index (κ3) is 13.9. The zero-order valence-corrected chi connectivity index (χ0v) is 17.4. The fraction of sp³-hybridized carbons (Fsp3) is 0.308. The van der Waals surface area contributed by atoms with Gasteiger partial charge in [-0.25, -0.2) is 0 Å². The van der Waals surface area contributed by atoms with E-state index in [0.717, 1.165) is 12.0 Å². The maximum atomic E-state index is 3.64. The number of hydrogen-bond donors (Lipinski definition) is 0. The van der Waals surface area contributed by atoms with Crippen LogP contribution < -0.4 is 0 Å². The Morgan fingerprint density at radius 1 is 0.808 bits per heavy atom. The van der Waals surface area contributed by atoms with Crippen LogP contribution in [0.5, 0.6) is 0 Å². The molecule has 0 aromatic heterocycles. The maximum Gasteiger partial charge on any atom is 0.0270 e. The van der Waals surface area contributed by atoms with E-state index in [1.807, 2.05) is 45.0 Å². The zero-order chi connectivity index (χ0) is 20.0. The van der Waals surface area contributed by atoms with Crippen molar-refractivity contribution in [1.82, 2.24) is 0 Å². The van der Waals surface area contributed by atoms with Crippen LogP contribution in [0.1, 0.15) is 59.4 Å². The Morgan fingerprint density at radius 2 is 1.27 bits per heavy atom. The van der Waals surface area contributed by atoms with Gasteiger partial charge in [-0.1, -0.05) is 107 Å². The molecule has 0 atom stereocenters. The number of allylic oxidation sites excluding steroid dienone is 2. The summed E-state index contributed by atoms with van der Waals surface area (Å²) in [5.74, 6) is 6.15. The van der Waals surface area contributed by atoms with Gasteiger partial charge >= 0.3 is 0 Å². The van der Waals surface area contributed by atoms with Crippen LogP contribution in [0.2, 0.25) is 0 Å². The normalized spacial score (nSPS) is 7.88. The Bertz CT molecular complexity index is 605. The number of benzene rings is 2. The fourth-order valence-electron chi connectivity index (χ4n) is 1.60. The SMILES string of the molecule is C=CC.C=CCC#Cc1ccc(-c2ccccc2)cc1.CC.CCCC. The Morgan fingerprint density at radius 3 is 1.69 bits per heavy atom. The molecule has 0 unspecified atom stereocenters. The topological polar surface area (TPSA) is 0 Å². The second-order valence-electron chi connectivity index (χ2n) is 5.15. The van der Waals surface area contributed by atoms with Crippen molar-refractivity contribution in [2.45, 2.75) is 53.9 Å². The van der Waals surface area contributed by atoms with Gasteiger partial charge in [-0.05, 0) is 30.2 Å². The van der Waals surface area contributed by atoms with Gasteiger partial charge in [0.2, 0.25) is 0 Å². The summed E-state index contributed by atoms with van der Waals surface area (Å²) in [6.07, 6.45) is 6.94. The minimum absolute atomic E-state index is 0.737. The predicted molar refractivity (Wildman–Crippen MR) is 121 cm³/mol. The molecule has 0 radical (unpaired) electrons. The highest BCUT2D eigenvalue weighted by Gasteiger charge is 1.95. The molecular weight excluding hydrogens is 312 g/mol. The maximum absolute atomic E-state index is 3.64. The van der Waals surface area contributed by atoms with Gasteiger partial charge in [-0.3, -0.25) is 0 Å². The van der Waals surface area contributed by atoms with Crippen molar-refractivity contribution < 1.29 is 0 Å². The first kappa shape index (κ1) is 25.7. The Hall–Kier alpha value is -2.52. The first-order chi connectivity index (χ1) is 12.7. The largest absolute Gasteiger partial charge is 0.103 e. The van der Waals surface area contributed by atoms with Crippen LogP contribution in [0, 0.1) is 11.8 Å². The second kappa shape index (κ2) is 20.5. The molecule has 140 valence electrons. The highest BCUT2D eigenvalue weighted by molar-refractivity contribution is 5.64. The van der Waals surface area contributed by atoms with E-state index in [4.69, 9.17) is 0 Å². The Balaban J connectivity index is 0. The quantitative estimate of drug-likeness (QED) is 0.386. The molecule has 0 N–H and O–H groups in total. The molecule has 0 nitrogen and oxygen atoms in total. The molecule has 0 fully saturated rings. The molecule has 0 saturated heterocycles. The lowest BCUT2D eigenvalue weighted by atomic mass is 10.0. The van der Waals surface area contributed by atoms with Gasteiger partial charge in [0.15, 0.2) is 0 Å². The van der Waals surface area contributed by atoms with Crippen LogP contribution in [-0.2, 0) is 0 Å². The number of hydrogen-bond acceptors (Lipinski definition) is 0. The minimum atomic E-state index is 0.737. The molecule has 0 saturated carbocycles. The van der Waals surface area contributed by atoms with Crippen LogP contribution >= 0.6 is 0 Å².